The lowest BCUT2D eigenvalue weighted by atomic mass is 10.2. The zero-order chi connectivity index (χ0) is 9.03. The molecule has 1 fully saturated rings. The molecule has 1 unspecified atom stereocenters. The number of ether oxygens (including phenoxy) is 2. The number of aldehydes is 1. The molecule has 0 aromatic rings. The van der Waals surface area contributed by atoms with Gasteiger partial charge in [0.15, 0.2) is 6.29 Å². The minimum absolute atomic E-state index is 0.427. The lowest BCUT2D eigenvalue weighted by molar-refractivity contribution is -0.201. The van der Waals surface area contributed by atoms with Gasteiger partial charge in [0.2, 0.25) is 0 Å². The average Bonchev–Trinajstić information content (AvgIpc) is 2.54. The van der Waals surface area contributed by atoms with Crippen LogP contribution in [0.2, 0.25) is 0 Å². The van der Waals surface area contributed by atoms with Gasteiger partial charge in [0.1, 0.15) is 0 Å². The Labute approximate surface area is 70.1 Å². The predicted octanol–water partition coefficient (Wildman–Crippen LogP) is 0.421. The molecule has 0 radical (unpaired) electrons. The van der Waals surface area contributed by atoms with Crippen LogP contribution in [-0.2, 0) is 19.1 Å². The summed E-state index contributed by atoms with van der Waals surface area (Å²) >= 11 is 0. The highest BCUT2D eigenvalue weighted by molar-refractivity contribution is 5.83. The monoisotopic (exact) mass is 170 g/mol. The molecule has 0 aromatic carbocycles. The zero-order valence-corrected chi connectivity index (χ0v) is 6.62. The highest BCUT2D eigenvalue weighted by atomic mass is 16.7. The van der Waals surface area contributed by atoms with Gasteiger partial charge in [0.05, 0.1) is 6.61 Å². The van der Waals surface area contributed by atoms with Crippen LogP contribution in [0.25, 0.3) is 0 Å². The van der Waals surface area contributed by atoms with Gasteiger partial charge in [-0.25, -0.2) is 4.79 Å². The van der Waals surface area contributed by atoms with E-state index in [0.717, 1.165) is 12.5 Å². The number of rotatable bonds is 3. The Morgan fingerprint density at radius 3 is 2.83 bits per heavy atom. The van der Waals surface area contributed by atoms with Crippen molar-refractivity contribution < 1.29 is 19.1 Å². The molecular weight excluding hydrogens is 160 g/mol. The van der Waals surface area contributed by atoms with Gasteiger partial charge in [-0.15, -0.1) is 0 Å². The van der Waals surface area contributed by atoms with E-state index < -0.39 is 11.8 Å². The Hall–Kier alpha value is -1.16. The summed E-state index contributed by atoms with van der Waals surface area (Å²) in [7, 11) is 0. The molecule has 0 N–H and O–H groups in total. The van der Waals surface area contributed by atoms with Gasteiger partial charge in [-0.3, -0.25) is 4.79 Å². The van der Waals surface area contributed by atoms with Crippen molar-refractivity contribution in [3.63, 3.8) is 0 Å². The van der Waals surface area contributed by atoms with E-state index in [1.54, 1.807) is 0 Å². The smallest absolute Gasteiger partial charge is 0.333 e. The predicted molar refractivity (Wildman–Crippen MR) is 40.3 cm³/mol. The summed E-state index contributed by atoms with van der Waals surface area (Å²) in [6.07, 6.45) is 2.67. The quantitative estimate of drug-likeness (QED) is 0.350. The van der Waals surface area contributed by atoms with Crippen LogP contribution in [0.15, 0.2) is 12.7 Å². The van der Waals surface area contributed by atoms with Gasteiger partial charge in [0, 0.05) is 12.5 Å². The second-order valence-electron chi connectivity index (χ2n) is 2.51. The minimum atomic E-state index is -1.34. The largest absolute Gasteiger partial charge is 0.422 e. The van der Waals surface area contributed by atoms with Gasteiger partial charge in [-0.05, 0) is 6.42 Å². The lowest BCUT2D eigenvalue weighted by Gasteiger charge is -2.20. The maximum atomic E-state index is 10.8. The van der Waals surface area contributed by atoms with Crippen LogP contribution in [0.4, 0.5) is 0 Å². The highest BCUT2D eigenvalue weighted by Crippen LogP contribution is 2.24. The normalized spacial score (nSPS) is 28.0. The number of hydrogen-bond donors (Lipinski definition) is 0. The minimum Gasteiger partial charge on any atom is -0.422 e. The maximum absolute atomic E-state index is 10.8. The van der Waals surface area contributed by atoms with E-state index in [2.05, 4.69) is 6.58 Å². The molecule has 0 saturated carbocycles. The molecule has 1 aliphatic rings. The van der Waals surface area contributed by atoms with Gasteiger partial charge < -0.3 is 9.47 Å². The highest BCUT2D eigenvalue weighted by Gasteiger charge is 2.38. The fourth-order valence-corrected chi connectivity index (χ4v) is 1.05. The van der Waals surface area contributed by atoms with E-state index in [4.69, 9.17) is 9.47 Å². The fourth-order valence-electron chi connectivity index (χ4n) is 1.05. The molecule has 66 valence electrons. The van der Waals surface area contributed by atoms with Crippen LogP contribution in [0, 0.1) is 0 Å². The van der Waals surface area contributed by atoms with Crippen molar-refractivity contribution in [1.29, 1.82) is 0 Å². The van der Waals surface area contributed by atoms with Crippen LogP contribution < -0.4 is 0 Å². The van der Waals surface area contributed by atoms with Gasteiger partial charge in [0.25, 0.3) is 5.79 Å². The van der Waals surface area contributed by atoms with Gasteiger partial charge in [-0.2, -0.15) is 0 Å². The first kappa shape index (κ1) is 8.93. The van der Waals surface area contributed by atoms with Crippen LogP contribution in [0.3, 0.4) is 0 Å². The van der Waals surface area contributed by atoms with E-state index in [1.807, 2.05) is 0 Å². The van der Waals surface area contributed by atoms with Gasteiger partial charge >= 0.3 is 5.97 Å². The van der Waals surface area contributed by atoms with Crippen LogP contribution >= 0.6 is 0 Å². The summed E-state index contributed by atoms with van der Waals surface area (Å²) < 4.78 is 9.75. The van der Waals surface area contributed by atoms with Crippen LogP contribution in [-0.4, -0.2) is 24.6 Å². The van der Waals surface area contributed by atoms with Crippen molar-refractivity contribution in [1.82, 2.24) is 0 Å². The number of hydrogen-bond acceptors (Lipinski definition) is 4. The zero-order valence-electron chi connectivity index (χ0n) is 6.62. The van der Waals surface area contributed by atoms with Crippen LogP contribution in [0.1, 0.15) is 12.8 Å². The molecular formula is C8H10O4. The number of carbonyl (C=O) groups is 2. The lowest BCUT2D eigenvalue weighted by Crippen LogP contribution is -2.35. The third kappa shape index (κ3) is 1.71. The molecule has 0 aliphatic carbocycles. The Morgan fingerprint density at radius 1 is 1.67 bits per heavy atom. The Kier molecular flexibility index (Phi) is 2.60. The van der Waals surface area contributed by atoms with Crippen molar-refractivity contribution in [2.24, 2.45) is 0 Å². The summed E-state index contributed by atoms with van der Waals surface area (Å²) in [5.74, 6) is -1.98. The third-order valence-corrected chi connectivity index (χ3v) is 1.64. The second kappa shape index (κ2) is 3.49. The third-order valence-electron chi connectivity index (χ3n) is 1.64. The first-order valence-corrected chi connectivity index (χ1v) is 3.68. The van der Waals surface area contributed by atoms with Crippen LogP contribution in [0.5, 0.6) is 0 Å². The number of carbonyl (C=O) groups excluding carboxylic acids is 2. The van der Waals surface area contributed by atoms with E-state index in [-0.39, 0.29) is 0 Å². The average molecular weight is 170 g/mol. The molecule has 0 bridgehead atoms. The molecule has 0 aromatic heterocycles. The summed E-state index contributed by atoms with van der Waals surface area (Å²) in [4.78, 5) is 21.3. The van der Waals surface area contributed by atoms with Gasteiger partial charge in [-0.1, -0.05) is 6.58 Å². The summed E-state index contributed by atoms with van der Waals surface area (Å²) in [6.45, 7) is 3.67. The van der Waals surface area contributed by atoms with Crippen molar-refractivity contribution in [3.8, 4) is 0 Å². The molecule has 4 heteroatoms. The molecule has 1 aliphatic heterocycles. The molecule has 4 nitrogen and oxygen atoms in total. The Morgan fingerprint density at radius 2 is 2.42 bits per heavy atom. The summed E-state index contributed by atoms with van der Waals surface area (Å²) in [5.41, 5.74) is 0. The molecule has 1 heterocycles. The summed E-state index contributed by atoms with van der Waals surface area (Å²) in [5, 5.41) is 0. The molecule has 12 heavy (non-hydrogen) atoms. The van der Waals surface area contributed by atoms with Crippen molar-refractivity contribution >= 4 is 12.3 Å². The first-order chi connectivity index (χ1) is 5.72. The maximum Gasteiger partial charge on any atom is 0.333 e. The van der Waals surface area contributed by atoms with Crippen molar-refractivity contribution in [3.05, 3.63) is 12.7 Å². The van der Waals surface area contributed by atoms with E-state index in [0.29, 0.717) is 19.3 Å². The number of esters is 1. The second-order valence-corrected chi connectivity index (χ2v) is 2.51. The molecule has 0 amide bonds. The Bertz CT molecular complexity index is 203. The Balaban J connectivity index is 2.61. The van der Waals surface area contributed by atoms with E-state index >= 15 is 0 Å². The summed E-state index contributed by atoms with van der Waals surface area (Å²) in [6, 6.07) is 0. The molecule has 1 rings (SSSR count). The van der Waals surface area contributed by atoms with E-state index in [1.165, 1.54) is 0 Å². The SMILES string of the molecule is C=CC(=O)OC1(C=O)CCCO1. The molecule has 1 saturated heterocycles. The van der Waals surface area contributed by atoms with Crippen molar-refractivity contribution in [2.45, 2.75) is 18.6 Å². The topological polar surface area (TPSA) is 52.6 Å². The molecule has 1 atom stereocenters. The molecule has 0 spiro atoms. The first-order valence-electron chi connectivity index (χ1n) is 3.68. The van der Waals surface area contributed by atoms with Crippen molar-refractivity contribution in [2.75, 3.05) is 6.61 Å². The van der Waals surface area contributed by atoms with E-state index in [9.17, 15) is 9.59 Å². The standard InChI is InChI=1S/C8H10O4/c1-2-7(10)12-8(6-9)4-3-5-11-8/h2,6H,1,3-5H2. The fraction of sp³-hybridized carbons (Fsp3) is 0.500.